The van der Waals surface area contributed by atoms with E-state index in [-0.39, 0.29) is 11.5 Å². The van der Waals surface area contributed by atoms with Gasteiger partial charge < -0.3 is 14.9 Å². The minimum Gasteiger partial charge on any atom is -0.508 e. The van der Waals surface area contributed by atoms with Crippen LogP contribution in [-0.2, 0) is 0 Å². The van der Waals surface area contributed by atoms with Crippen molar-refractivity contribution in [3.8, 4) is 11.5 Å². The Balaban J connectivity index is 2.20. The van der Waals surface area contributed by atoms with Gasteiger partial charge in [-0.05, 0) is 48.0 Å². The Bertz CT molecular complexity index is 625. The van der Waals surface area contributed by atoms with Crippen molar-refractivity contribution < 1.29 is 19.7 Å². The van der Waals surface area contributed by atoms with Crippen LogP contribution in [0.4, 0.5) is 0 Å². The van der Waals surface area contributed by atoms with Crippen LogP contribution in [0.25, 0.3) is 6.08 Å². The number of hydrogen-bond donors (Lipinski definition) is 2. The van der Waals surface area contributed by atoms with Gasteiger partial charge in [-0.15, -0.1) is 0 Å². The molecule has 0 aliphatic rings. The minimum absolute atomic E-state index is 0.128. The molecule has 0 amide bonds. The maximum absolute atomic E-state index is 12.0. The van der Waals surface area contributed by atoms with Gasteiger partial charge >= 0.3 is 0 Å². The largest absolute Gasteiger partial charge is 0.508 e. The molecule has 2 rings (SSSR count). The number of aromatic hydroxyl groups is 1. The number of ketones is 1. The van der Waals surface area contributed by atoms with E-state index in [9.17, 15) is 9.90 Å². The maximum atomic E-state index is 12.0. The third kappa shape index (κ3) is 3.17. The number of aliphatic hydroxyl groups excluding tert-OH is 1. The molecule has 0 unspecified atom stereocenters. The van der Waals surface area contributed by atoms with Crippen molar-refractivity contribution in [1.29, 1.82) is 0 Å². The van der Waals surface area contributed by atoms with E-state index in [0.29, 0.717) is 16.9 Å². The molecule has 0 saturated heterocycles. The second-order valence-electron chi connectivity index (χ2n) is 4.18. The molecule has 0 spiro atoms. The highest BCUT2D eigenvalue weighted by Gasteiger charge is 2.11. The first kappa shape index (κ1) is 13.7. The lowest BCUT2D eigenvalue weighted by Gasteiger charge is -2.03. The molecule has 0 aliphatic heterocycles. The van der Waals surface area contributed by atoms with Crippen molar-refractivity contribution in [2.75, 3.05) is 7.11 Å². The first-order chi connectivity index (χ1) is 9.60. The minimum atomic E-state index is -0.472. The summed E-state index contributed by atoms with van der Waals surface area (Å²) in [5, 5.41) is 19.0. The number of Topliss-reactive ketones (excluding diaryl/α,β-unsaturated/α-hetero) is 1. The summed E-state index contributed by atoms with van der Waals surface area (Å²) in [6.45, 7) is 0. The standard InChI is InChI=1S/C16H14O4/c1-20-14-8-4-12(5-9-14)16(19)15(18)10-11-2-6-13(17)7-3-11/h2-10,17-18H,1H3. The number of carbonyl (C=O) groups is 1. The summed E-state index contributed by atoms with van der Waals surface area (Å²) in [6.07, 6.45) is 1.35. The average molecular weight is 270 g/mol. The molecule has 0 aliphatic carbocycles. The first-order valence-corrected chi connectivity index (χ1v) is 5.98. The molecule has 0 atom stereocenters. The third-order valence-electron chi connectivity index (χ3n) is 2.78. The van der Waals surface area contributed by atoms with Gasteiger partial charge in [-0.25, -0.2) is 0 Å². The van der Waals surface area contributed by atoms with Crippen molar-refractivity contribution in [3.05, 3.63) is 65.4 Å². The number of allylic oxidation sites excluding steroid dienone is 1. The van der Waals surface area contributed by atoms with Crippen LogP contribution in [0.3, 0.4) is 0 Å². The summed E-state index contributed by atoms with van der Waals surface area (Å²) in [5.41, 5.74) is 1.00. The van der Waals surface area contributed by atoms with Crippen LogP contribution in [0.2, 0.25) is 0 Å². The Hall–Kier alpha value is -2.75. The zero-order valence-electron chi connectivity index (χ0n) is 10.9. The SMILES string of the molecule is COc1ccc(C(=O)C(O)=Cc2ccc(O)cc2)cc1. The molecular weight excluding hydrogens is 256 g/mol. The van der Waals surface area contributed by atoms with E-state index in [4.69, 9.17) is 9.84 Å². The lowest BCUT2D eigenvalue weighted by molar-refractivity contribution is 0.0980. The number of methoxy groups -OCH3 is 1. The quantitative estimate of drug-likeness (QED) is 0.508. The van der Waals surface area contributed by atoms with E-state index in [1.807, 2.05) is 0 Å². The van der Waals surface area contributed by atoms with Crippen LogP contribution >= 0.6 is 0 Å². The van der Waals surface area contributed by atoms with Crippen LogP contribution in [-0.4, -0.2) is 23.1 Å². The molecule has 4 nitrogen and oxygen atoms in total. The molecule has 102 valence electrons. The maximum Gasteiger partial charge on any atom is 0.227 e. The Kier molecular flexibility index (Phi) is 4.05. The molecule has 0 heterocycles. The fourth-order valence-corrected chi connectivity index (χ4v) is 1.68. The van der Waals surface area contributed by atoms with Crippen molar-refractivity contribution in [2.45, 2.75) is 0 Å². The van der Waals surface area contributed by atoms with Crippen LogP contribution in [0.1, 0.15) is 15.9 Å². The van der Waals surface area contributed by atoms with E-state index in [2.05, 4.69) is 0 Å². The molecule has 0 bridgehead atoms. The Morgan fingerprint density at radius 2 is 1.65 bits per heavy atom. The molecule has 0 aromatic heterocycles. The lowest BCUT2D eigenvalue weighted by Crippen LogP contribution is -2.02. The third-order valence-corrected chi connectivity index (χ3v) is 2.78. The molecule has 4 heteroatoms. The highest BCUT2D eigenvalue weighted by Crippen LogP contribution is 2.16. The normalized spacial score (nSPS) is 11.2. The highest BCUT2D eigenvalue weighted by atomic mass is 16.5. The second kappa shape index (κ2) is 5.93. The average Bonchev–Trinajstić information content (AvgIpc) is 2.49. The van der Waals surface area contributed by atoms with Gasteiger partial charge in [-0.2, -0.15) is 0 Å². The summed E-state index contributed by atoms with van der Waals surface area (Å²) >= 11 is 0. The summed E-state index contributed by atoms with van der Waals surface area (Å²) in [5.74, 6) is -0.0618. The van der Waals surface area contributed by atoms with E-state index in [1.54, 1.807) is 43.5 Å². The molecule has 0 radical (unpaired) electrons. The number of ether oxygens (including phenoxy) is 1. The lowest BCUT2D eigenvalue weighted by atomic mass is 10.1. The Morgan fingerprint density at radius 3 is 2.20 bits per heavy atom. The second-order valence-corrected chi connectivity index (χ2v) is 4.18. The van der Waals surface area contributed by atoms with Gasteiger partial charge in [0, 0.05) is 5.56 Å². The number of phenols is 1. The molecule has 20 heavy (non-hydrogen) atoms. The summed E-state index contributed by atoms with van der Waals surface area (Å²) in [7, 11) is 1.54. The number of phenolic OH excluding ortho intramolecular Hbond substituents is 1. The Morgan fingerprint density at radius 1 is 1.05 bits per heavy atom. The van der Waals surface area contributed by atoms with Gasteiger partial charge in [-0.3, -0.25) is 4.79 Å². The fourth-order valence-electron chi connectivity index (χ4n) is 1.68. The zero-order chi connectivity index (χ0) is 14.5. The van der Waals surface area contributed by atoms with Gasteiger partial charge in [0.15, 0.2) is 5.76 Å². The number of rotatable bonds is 4. The van der Waals surface area contributed by atoms with E-state index in [1.165, 1.54) is 18.2 Å². The number of benzene rings is 2. The van der Waals surface area contributed by atoms with E-state index < -0.39 is 5.78 Å². The smallest absolute Gasteiger partial charge is 0.227 e. The molecule has 0 saturated carbocycles. The zero-order valence-corrected chi connectivity index (χ0v) is 10.9. The van der Waals surface area contributed by atoms with Crippen LogP contribution in [0.15, 0.2) is 54.3 Å². The van der Waals surface area contributed by atoms with Crippen molar-refractivity contribution in [2.24, 2.45) is 0 Å². The summed E-state index contributed by atoms with van der Waals surface area (Å²) in [4.78, 5) is 12.0. The van der Waals surface area contributed by atoms with Crippen LogP contribution in [0, 0.1) is 0 Å². The van der Waals surface area contributed by atoms with Crippen LogP contribution in [0.5, 0.6) is 11.5 Å². The van der Waals surface area contributed by atoms with Crippen molar-refractivity contribution >= 4 is 11.9 Å². The molecular formula is C16H14O4. The van der Waals surface area contributed by atoms with E-state index in [0.717, 1.165) is 0 Å². The summed E-state index contributed by atoms with van der Waals surface area (Å²) in [6, 6.07) is 12.7. The topological polar surface area (TPSA) is 66.8 Å². The molecule has 2 aromatic carbocycles. The fraction of sp³-hybridized carbons (Fsp3) is 0.0625. The van der Waals surface area contributed by atoms with Crippen LogP contribution < -0.4 is 4.74 Å². The first-order valence-electron chi connectivity index (χ1n) is 5.98. The predicted molar refractivity (Wildman–Crippen MR) is 76.0 cm³/mol. The molecule has 0 fully saturated rings. The van der Waals surface area contributed by atoms with Gasteiger partial charge in [-0.1, -0.05) is 12.1 Å². The van der Waals surface area contributed by atoms with Crippen molar-refractivity contribution in [1.82, 2.24) is 0 Å². The molecule has 2 aromatic rings. The van der Waals surface area contributed by atoms with Crippen molar-refractivity contribution in [3.63, 3.8) is 0 Å². The van der Waals surface area contributed by atoms with Gasteiger partial charge in [0.25, 0.3) is 0 Å². The number of carbonyl (C=O) groups excluding carboxylic acids is 1. The van der Waals surface area contributed by atoms with Gasteiger partial charge in [0.1, 0.15) is 11.5 Å². The monoisotopic (exact) mass is 270 g/mol. The predicted octanol–water partition coefficient (Wildman–Crippen LogP) is 3.18. The van der Waals surface area contributed by atoms with E-state index >= 15 is 0 Å². The Labute approximate surface area is 116 Å². The van der Waals surface area contributed by atoms with Gasteiger partial charge in [0.2, 0.25) is 5.78 Å². The van der Waals surface area contributed by atoms with Gasteiger partial charge in [0.05, 0.1) is 7.11 Å². The summed E-state index contributed by atoms with van der Waals surface area (Å²) < 4.78 is 5.00. The molecule has 2 N–H and O–H groups in total. The number of hydrogen-bond acceptors (Lipinski definition) is 4. The number of aliphatic hydroxyl groups is 1. The highest BCUT2D eigenvalue weighted by molar-refractivity contribution is 6.09.